The minimum absolute atomic E-state index is 0.0785. The summed E-state index contributed by atoms with van der Waals surface area (Å²) < 4.78 is 0. The van der Waals surface area contributed by atoms with Crippen LogP contribution in [0.3, 0.4) is 0 Å². The zero-order chi connectivity index (χ0) is 16.1. The van der Waals surface area contributed by atoms with Crippen molar-refractivity contribution < 1.29 is 19.8 Å². The molecule has 0 spiro atoms. The van der Waals surface area contributed by atoms with Gasteiger partial charge in [-0.2, -0.15) is 5.26 Å². The molecular weight excluding hydrogens is 282 g/mol. The normalized spacial score (nSPS) is 10.2. The second-order valence-electron chi connectivity index (χ2n) is 4.79. The van der Waals surface area contributed by atoms with Crippen LogP contribution >= 0.6 is 0 Å². The van der Waals surface area contributed by atoms with Crippen molar-refractivity contribution in [2.45, 2.75) is 6.42 Å². The second kappa shape index (κ2) is 6.55. The first-order valence-electron chi connectivity index (χ1n) is 6.57. The number of carbonyl (C=O) groups is 2. The van der Waals surface area contributed by atoms with Gasteiger partial charge in [0, 0.05) is 0 Å². The third-order valence-electron chi connectivity index (χ3n) is 3.35. The van der Waals surface area contributed by atoms with Crippen LogP contribution in [0.5, 0.6) is 0 Å². The van der Waals surface area contributed by atoms with Crippen molar-refractivity contribution in [3.05, 3.63) is 59.7 Å². The minimum atomic E-state index is -1.46. The van der Waals surface area contributed by atoms with E-state index < -0.39 is 17.9 Å². The predicted molar refractivity (Wildman–Crippen MR) is 79.1 cm³/mol. The van der Waals surface area contributed by atoms with Crippen LogP contribution in [0.4, 0.5) is 0 Å². The first-order chi connectivity index (χ1) is 10.5. The van der Waals surface area contributed by atoms with Crippen molar-refractivity contribution >= 4 is 11.9 Å². The van der Waals surface area contributed by atoms with E-state index in [1.807, 2.05) is 12.1 Å². The van der Waals surface area contributed by atoms with Gasteiger partial charge < -0.3 is 10.2 Å². The van der Waals surface area contributed by atoms with E-state index in [1.54, 1.807) is 36.4 Å². The van der Waals surface area contributed by atoms with Crippen molar-refractivity contribution in [3.63, 3.8) is 0 Å². The molecule has 0 saturated heterocycles. The fourth-order valence-electron chi connectivity index (χ4n) is 2.17. The van der Waals surface area contributed by atoms with Gasteiger partial charge in [-0.25, -0.2) is 0 Å². The fraction of sp³-hybridized carbons (Fsp3) is 0.118. The van der Waals surface area contributed by atoms with Crippen LogP contribution in [-0.2, 0) is 16.0 Å². The third kappa shape index (κ3) is 3.30. The third-order valence-corrected chi connectivity index (χ3v) is 3.35. The lowest BCUT2D eigenvalue weighted by molar-refractivity contribution is -0.154. The summed E-state index contributed by atoms with van der Waals surface area (Å²) in [6.07, 6.45) is -0.0785. The molecule has 0 aliphatic rings. The average Bonchev–Trinajstić information content (AvgIpc) is 2.52. The number of aliphatic carboxylic acids is 2. The van der Waals surface area contributed by atoms with Crippen molar-refractivity contribution in [1.29, 1.82) is 5.26 Å². The average molecular weight is 295 g/mol. The molecule has 2 aromatic rings. The van der Waals surface area contributed by atoms with Crippen LogP contribution in [0.1, 0.15) is 11.1 Å². The fourth-order valence-corrected chi connectivity index (χ4v) is 2.17. The lowest BCUT2D eigenvalue weighted by Gasteiger charge is -2.09. The number of benzene rings is 2. The Bertz CT molecular complexity index is 730. The van der Waals surface area contributed by atoms with Crippen LogP contribution < -0.4 is 0 Å². The molecule has 0 fully saturated rings. The number of carboxylic acid groups (broad SMARTS) is 2. The number of nitriles is 1. The Morgan fingerprint density at radius 3 is 2.14 bits per heavy atom. The summed E-state index contributed by atoms with van der Waals surface area (Å²) in [5.41, 5.74) is 2.77. The van der Waals surface area contributed by atoms with Gasteiger partial charge in [0.15, 0.2) is 5.92 Å². The molecule has 0 saturated carbocycles. The van der Waals surface area contributed by atoms with Gasteiger partial charge >= 0.3 is 11.9 Å². The monoisotopic (exact) mass is 295 g/mol. The Morgan fingerprint density at radius 1 is 1.00 bits per heavy atom. The van der Waals surface area contributed by atoms with Crippen LogP contribution in [0.25, 0.3) is 11.1 Å². The van der Waals surface area contributed by atoms with Gasteiger partial charge in [-0.05, 0) is 29.2 Å². The van der Waals surface area contributed by atoms with Gasteiger partial charge in [-0.3, -0.25) is 9.59 Å². The van der Waals surface area contributed by atoms with E-state index in [-0.39, 0.29) is 6.42 Å². The molecule has 2 N–H and O–H groups in total. The van der Waals surface area contributed by atoms with E-state index in [0.717, 1.165) is 11.1 Å². The van der Waals surface area contributed by atoms with Crippen molar-refractivity contribution in [2.24, 2.45) is 5.92 Å². The Kier molecular flexibility index (Phi) is 4.54. The Hall–Kier alpha value is -3.13. The molecule has 0 unspecified atom stereocenters. The van der Waals surface area contributed by atoms with Crippen LogP contribution in [0, 0.1) is 17.2 Å². The zero-order valence-electron chi connectivity index (χ0n) is 11.6. The van der Waals surface area contributed by atoms with Gasteiger partial charge in [-0.15, -0.1) is 0 Å². The summed E-state index contributed by atoms with van der Waals surface area (Å²) in [6, 6.07) is 16.1. The molecule has 0 radical (unpaired) electrons. The highest BCUT2D eigenvalue weighted by atomic mass is 16.4. The Balaban J connectivity index is 2.26. The Morgan fingerprint density at radius 2 is 1.59 bits per heavy atom. The topological polar surface area (TPSA) is 98.4 Å². The molecule has 22 heavy (non-hydrogen) atoms. The zero-order valence-corrected chi connectivity index (χ0v) is 11.6. The van der Waals surface area contributed by atoms with E-state index in [0.29, 0.717) is 11.1 Å². The summed E-state index contributed by atoms with van der Waals surface area (Å²) >= 11 is 0. The smallest absolute Gasteiger partial charge is 0.318 e. The molecule has 0 aliphatic heterocycles. The maximum Gasteiger partial charge on any atom is 0.318 e. The van der Waals surface area contributed by atoms with Crippen LogP contribution in [-0.4, -0.2) is 22.2 Å². The summed E-state index contributed by atoms with van der Waals surface area (Å²) in [6.45, 7) is 0. The molecule has 0 aliphatic carbocycles. The summed E-state index contributed by atoms with van der Waals surface area (Å²) in [4.78, 5) is 21.8. The number of nitrogens with zero attached hydrogens (tertiary/aromatic N) is 1. The maximum absolute atomic E-state index is 10.9. The highest BCUT2D eigenvalue weighted by Gasteiger charge is 2.25. The molecule has 0 heterocycles. The van der Waals surface area contributed by atoms with Gasteiger partial charge in [0.25, 0.3) is 0 Å². The van der Waals surface area contributed by atoms with Crippen molar-refractivity contribution in [1.82, 2.24) is 0 Å². The first-order valence-corrected chi connectivity index (χ1v) is 6.57. The van der Waals surface area contributed by atoms with E-state index in [2.05, 4.69) is 6.07 Å². The largest absolute Gasteiger partial charge is 0.481 e. The summed E-state index contributed by atoms with van der Waals surface area (Å²) in [7, 11) is 0. The second-order valence-corrected chi connectivity index (χ2v) is 4.79. The highest BCUT2D eigenvalue weighted by molar-refractivity contribution is 5.93. The molecule has 5 nitrogen and oxygen atoms in total. The maximum atomic E-state index is 10.9. The molecule has 0 atom stereocenters. The lowest BCUT2D eigenvalue weighted by atomic mass is 9.95. The molecular formula is C17H13NO4. The molecule has 0 amide bonds. The van der Waals surface area contributed by atoms with E-state index in [4.69, 9.17) is 15.5 Å². The molecule has 2 rings (SSSR count). The van der Waals surface area contributed by atoms with Gasteiger partial charge in [0.05, 0.1) is 11.6 Å². The predicted octanol–water partition coefficient (Wildman–Crippen LogP) is 2.55. The highest BCUT2D eigenvalue weighted by Crippen LogP contribution is 2.24. The van der Waals surface area contributed by atoms with Crippen molar-refractivity contribution in [2.75, 3.05) is 0 Å². The lowest BCUT2D eigenvalue weighted by Crippen LogP contribution is -2.25. The van der Waals surface area contributed by atoms with E-state index in [1.165, 1.54) is 0 Å². The molecule has 110 valence electrons. The van der Waals surface area contributed by atoms with Gasteiger partial charge in [-0.1, -0.05) is 42.5 Å². The van der Waals surface area contributed by atoms with Crippen molar-refractivity contribution in [3.8, 4) is 17.2 Å². The number of hydrogen-bond donors (Lipinski definition) is 2. The number of hydrogen-bond acceptors (Lipinski definition) is 3. The van der Waals surface area contributed by atoms with E-state index >= 15 is 0 Å². The minimum Gasteiger partial charge on any atom is -0.481 e. The molecule has 0 bridgehead atoms. The van der Waals surface area contributed by atoms with Crippen LogP contribution in [0.15, 0.2) is 48.5 Å². The van der Waals surface area contributed by atoms with Gasteiger partial charge in [0.1, 0.15) is 0 Å². The number of carboxylic acids is 2. The SMILES string of the molecule is N#Cc1ccccc1-c1ccc(CC(C(=O)O)C(=O)O)cc1. The summed E-state index contributed by atoms with van der Waals surface area (Å²) in [5, 5.41) is 26.9. The van der Waals surface area contributed by atoms with E-state index in [9.17, 15) is 9.59 Å². The van der Waals surface area contributed by atoms with Gasteiger partial charge in [0.2, 0.25) is 0 Å². The molecule has 5 heteroatoms. The standard InChI is InChI=1S/C17H13NO4/c18-10-13-3-1-2-4-14(13)12-7-5-11(6-8-12)9-15(16(19)20)17(21)22/h1-8,15H,9H2,(H,19,20)(H,21,22). The first kappa shape index (κ1) is 15.3. The summed E-state index contributed by atoms with van der Waals surface area (Å²) in [5.74, 6) is -4.17. The molecule has 2 aromatic carbocycles. The number of rotatable bonds is 5. The molecule has 0 aromatic heterocycles. The van der Waals surface area contributed by atoms with Crippen LogP contribution in [0.2, 0.25) is 0 Å². The Labute approximate surface area is 127 Å². The quantitative estimate of drug-likeness (QED) is 0.826.